The minimum atomic E-state index is -4.45. The molecule has 0 unspecified atom stereocenters. The average molecular weight is 560 g/mol. The molecule has 0 saturated heterocycles. The second kappa shape index (κ2) is 9.94. The second-order valence-corrected chi connectivity index (χ2v) is 9.25. The molecule has 11 heteroatoms. The van der Waals surface area contributed by atoms with E-state index in [-0.39, 0.29) is 33.5 Å². The Morgan fingerprint density at radius 2 is 0.951 bits per heavy atom. The van der Waals surface area contributed by atoms with Crippen molar-refractivity contribution in [1.29, 1.82) is 0 Å². The van der Waals surface area contributed by atoms with Crippen LogP contribution in [0.25, 0.3) is 22.3 Å². The van der Waals surface area contributed by atoms with Crippen molar-refractivity contribution in [2.24, 2.45) is 0 Å². The summed E-state index contributed by atoms with van der Waals surface area (Å²) in [5, 5.41) is 0. The molecule has 0 amide bonds. The molecule has 0 atom stereocenters. The number of aryl methyl sites for hydroxylation is 1. The number of nitrogens with two attached hydrogens (primary N) is 2. The zero-order valence-electron chi connectivity index (χ0n) is 21.2. The summed E-state index contributed by atoms with van der Waals surface area (Å²) in [5.41, 5.74) is 14.3. The summed E-state index contributed by atoms with van der Waals surface area (Å²) in [5.74, 6) is -2.74. The van der Waals surface area contributed by atoms with E-state index in [2.05, 4.69) is 9.47 Å². The van der Waals surface area contributed by atoms with Gasteiger partial charge in [0, 0.05) is 11.4 Å². The molecule has 2 heterocycles. The van der Waals surface area contributed by atoms with Crippen molar-refractivity contribution < 1.29 is 41.8 Å². The molecule has 41 heavy (non-hydrogen) atoms. The molecular formula is C30H19F3N2O6. The summed E-state index contributed by atoms with van der Waals surface area (Å²) in [4.78, 5) is 46.0. The number of fused-ring (bicyclic) bond motifs is 2. The predicted molar refractivity (Wildman–Crippen MR) is 142 cm³/mol. The molecule has 0 aliphatic carbocycles. The van der Waals surface area contributed by atoms with Gasteiger partial charge in [-0.2, -0.15) is 13.2 Å². The lowest BCUT2D eigenvalue weighted by Gasteiger charge is -2.15. The van der Waals surface area contributed by atoms with Crippen molar-refractivity contribution in [1.82, 2.24) is 0 Å². The first-order valence-electron chi connectivity index (χ1n) is 12.0. The van der Waals surface area contributed by atoms with Crippen LogP contribution >= 0.6 is 0 Å². The van der Waals surface area contributed by atoms with Gasteiger partial charge in [-0.25, -0.2) is 19.2 Å². The lowest BCUT2D eigenvalue weighted by molar-refractivity contribution is -0.137. The van der Waals surface area contributed by atoms with E-state index >= 15 is 0 Å². The first-order chi connectivity index (χ1) is 19.3. The highest BCUT2D eigenvalue weighted by Gasteiger charge is 2.34. The number of esters is 4. The number of anilines is 2. The third-order valence-electron chi connectivity index (χ3n) is 6.51. The Morgan fingerprint density at radius 3 is 1.41 bits per heavy atom. The van der Waals surface area contributed by atoms with Gasteiger partial charge in [0.15, 0.2) is 0 Å². The fourth-order valence-electron chi connectivity index (χ4n) is 4.55. The van der Waals surface area contributed by atoms with Crippen LogP contribution in [0.1, 0.15) is 52.6 Å². The smallest absolute Gasteiger partial charge is 0.399 e. The van der Waals surface area contributed by atoms with E-state index in [0.29, 0.717) is 27.9 Å². The molecule has 4 N–H and O–H groups in total. The number of halogens is 3. The van der Waals surface area contributed by atoms with E-state index < -0.39 is 35.6 Å². The highest BCUT2D eigenvalue weighted by molar-refractivity contribution is 6.16. The van der Waals surface area contributed by atoms with Gasteiger partial charge < -0.3 is 20.9 Å². The maximum Gasteiger partial charge on any atom is 0.417 e. The largest absolute Gasteiger partial charge is 0.417 e. The summed E-state index contributed by atoms with van der Waals surface area (Å²) in [7, 11) is 0. The van der Waals surface area contributed by atoms with Crippen molar-refractivity contribution in [3.05, 3.63) is 106 Å². The van der Waals surface area contributed by atoms with E-state index in [1.54, 1.807) is 37.3 Å². The van der Waals surface area contributed by atoms with Crippen LogP contribution in [0.4, 0.5) is 24.5 Å². The third kappa shape index (κ3) is 5.12. The average Bonchev–Trinajstić information content (AvgIpc) is 3.37. The summed E-state index contributed by atoms with van der Waals surface area (Å²) in [6.45, 7) is 1.72. The third-order valence-corrected chi connectivity index (χ3v) is 6.51. The van der Waals surface area contributed by atoms with Gasteiger partial charge in [-0.1, -0.05) is 24.3 Å². The van der Waals surface area contributed by atoms with Crippen LogP contribution in [0.3, 0.4) is 0 Å². The molecule has 4 aromatic carbocycles. The number of alkyl halides is 3. The van der Waals surface area contributed by atoms with Crippen molar-refractivity contribution in [3.8, 4) is 22.3 Å². The number of benzene rings is 4. The lowest BCUT2D eigenvalue weighted by atomic mass is 9.95. The molecule has 0 bridgehead atoms. The SMILES string of the molecule is Cc1cc(N)ccc1-c1ccc(N)cc1C(F)(F)F.O=C1OC(=O)c2cc(-c3ccc4c(c3)C(=O)OC4=O)ccc21. The van der Waals surface area contributed by atoms with E-state index in [9.17, 15) is 32.3 Å². The van der Waals surface area contributed by atoms with Crippen LogP contribution < -0.4 is 11.5 Å². The van der Waals surface area contributed by atoms with Crippen LogP contribution in [-0.2, 0) is 15.7 Å². The van der Waals surface area contributed by atoms with Crippen LogP contribution in [-0.4, -0.2) is 23.9 Å². The Morgan fingerprint density at radius 1 is 0.537 bits per heavy atom. The minimum absolute atomic E-state index is 0.0872. The topological polar surface area (TPSA) is 139 Å². The van der Waals surface area contributed by atoms with E-state index in [4.69, 9.17) is 11.5 Å². The fraction of sp³-hybridized carbons (Fsp3) is 0.0667. The number of nitrogen functional groups attached to an aromatic ring is 2. The summed E-state index contributed by atoms with van der Waals surface area (Å²) in [6, 6.07) is 17.9. The van der Waals surface area contributed by atoms with Crippen LogP contribution in [0.5, 0.6) is 0 Å². The van der Waals surface area contributed by atoms with E-state index in [0.717, 1.165) is 6.07 Å². The minimum Gasteiger partial charge on any atom is -0.399 e. The van der Waals surface area contributed by atoms with Gasteiger partial charge in [-0.3, -0.25) is 0 Å². The molecule has 0 radical (unpaired) electrons. The van der Waals surface area contributed by atoms with Crippen molar-refractivity contribution >= 4 is 35.3 Å². The lowest BCUT2D eigenvalue weighted by Crippen LogP contribution is -2.08. The van der Waals surface area contributed by atoms with Crippen LogP contribution in [0.15, 0.2) is 72.8 Å². The first-order valence-corrected chi connectivity index (χ1v) is 12.0. The molecule has 206 valence electrons. The molecule has 4 aromatic rings. The van der Waals surface area contributed by atoms with Gasteiger partial charge in [-0.05, 0) is 83.3 Å². The maximum atomic E-state index is 13.0. The van der Waals surface area contributed by atoms with Gasteiger partial charge in [0.2, 0.25) is 0 Å². The van der Waals surface area contributed by atoms with Crippen LogP contribution in [0.2, 0.25) is 0 Å². The number of hydrogen-bond acceptors (Lipinski definition) is 8. The number of carbonyl (C=O) groups is 4. The summed E-state index contributed by atoms with van der Waals surface area (Å²) >= 11 is 0. The fourth-order valence-corrected chi connectivity index (χ4v) is 4.55. The zero-order valence-corrected chi connectivity index (χ0v) is 21.2. The zero-order chi connectivity index (χ0) is 29.6. The quantitative estimate of drug-likeness (QED) is 0.178. The normalized spacial score (nSPS) is 13.7. The molecule has 2 aliphatic heterocycles. The number of cyclic esters (lactones) is 4. The number of carbonyl (C=O) groups excluding carboxylic acids is 4. The van der Waals surface area contributed by atoms with Crippen LogP contribution in [0, 0.1) is 6.92 Å². The maximum absolute atomic E-state index is 13.0. The molecule has 0 aromatic heterocycles. The molecule has 8 nitrogen and oxygen atoms in total. The highest BCUT2D eigenvalue weighted by Crippen LogP contribution is 2.39. The number of hydrogen-bond donors (Lipinski definition) is 2. The Kier molecular flexibility index (Phi) is 6.58. The Hall–Kier alpha value is -5.45. The Balaban J connectivity index is 0.000000167. The van der Waals surface area contributed by atoms with Gasteiger partial charge in [-0.15, -0.1) is 0 Å². The molecule has 0 saturated carbocycles. The predicted octanol–water partition coefficient (Wildman–Crippen LogP) is 5.82. The van der Waals surface area contributed by atoms with Gasteiger partial charge in [0.25, 0.3) is 0 Å². The standard InChI is InChI=1S/C16H6O6.C14H13F3N2/c17-13-9-3-1-7(5-11(9)15(19)21-13)8-2-4-10-12(6-8)16(20)22-14(10)18;1-8-6-9(18)2-4-11(8)12-5-3-10(19)7-13(12)14(15,16)17/h1-6H;2-7H,18-19H2,1H3. The molecular weight excluding hydrogens is 541 g/mol. The Labute approximate surface area is 230 Å². The first kappa shape index (κ1) is 27.1. The number of rotatable bonds is 2. The van der Waals surface area contributed by atoms with E-state index in [1.165, 1.54) is 36.4 Å². The van der Waals surface area contributed by atoms with E-state index in [1.807, 2.05) is 0 Å². The Bertz CT molecular complexity index is 1720. The summed E-state index contributed by atoms with van der Waals surface area (Å²) in [6.07, 6.45) is -4.45. The molecule has 0 spiro atoms. The van der Waals surface area contributed by atoms with Gasteiger partial charge >= 0.3 is 30.1 Å². The second-order valence-electron chi connectivity index (χ2n) is 9.25. The molecule has 0 fully saturated rings. The van der Waals surface area contributed by atoms with Crippen molar-refractivity contribution in [3.63, 3.8) is 0 Å². The van der Waals surface area contributed by atoms with Gasteiger partial charge in [0.1, 0.15) is 0 Å². The monoisotopic (exact) mass is 560 g/mol. The number of ether oxygens (including phenoxy) is 2. The highest BCUT2D eigenvalue weighted by atomic mass is 19.4. The molecule has 6 rings (SSSR count). The molecule has 2 aliphatic rings. The van der Waals surface area contributed by atoms with Crippen molar-refractivity contribution in [2.75, 3.05) is 11.5 Å². The summed E-state index contributed by atoms with van der Waals surface area (Å²) < 4.78 is 48.2. The van der Waals surface area contributed by atoms with Gasteiger partial charge in [0.05, 0.1) is 27.8 Å². The van der Waals surface area contributed by atoms with Crippen molar-refractivity contribution in [2.45, 2.75) is 13.1 Å².